The van der Waals surface area contributed by atoms with Crippen molar-refractivity contribution in [3.8, 4) is 0 Å². The smallest absolute Gasteiger partial charge is 0.251 e. The molecule has 3 nitrogen and oxygen atoms in total. The molecule has 0 bridgehead atoms. The molecule has 3 unspecified atom stereocenters. The number of amides is 1. The summed E-state index contributed by atoms with van der Waals surface area (Å²) in [4.78, 5) is 12.3. The van der Waals surface area contributed by atoms with Gasteiger partial charge in [-0.15, -0.1) is 0 Å². The summed E-state index contributed by atoms with van der Waals surface area (Å²) in [6, 6.07) is 12.8. The van der Waals surface area contributed by atoms with E-state index in [0.29, 0.717) is 18.0 Å². The van der Waals surface area contributed by atoms with Crippen LogP contribution in [0.3, 0.4) is 0 Å². The molecule has 0 spiro atoms. The summed E-state index contributed by atoms with van der Waals surface area (Å²) in [5, 5.41) is 6.56. The van der Waals surface area contributed by atoms with Gasteiger partial charge >= 0.3 is 0 Å². The van der Waals surface area contributed by atoms with Crippen molar-refractivity contribution in [1.29, 1.82) is 0 Å². The summed E-state index contributed by atoms with van der Waals surface area (Å²) in [6.45, 7) is 2.73. The van der Waals surface area contributed by atoms with Crippen LogP contribution >= 0.6 is 0 Å². The summed E-state index contributed by atoms with van der Waals surface area (Å²) in [6.07, 6.45) is 6.36. The zero-order valence-corrected chi connectivity index (χ0v) is 14.8. The largest absolute Gasteiger partial charge is 0.378 e. The van der Waals surface area contributed by atoms with Gasteiger partial charge in [0.25, 0.3) is 5.91 Å². The van der Waals surface area contributed by atoms with Gasteiger partial charge in [0.05, 0.1) is 6.04 Å². The van der Waals surface area contributed by atoms with Gasteiger partial charge in [-0.2, -0.15) is 0 Å². The molecule has 4 heteroatoms. The van der Waals surface area contributed by atoms with E-state index >= 15 is 0 Å². The summed E-state index contributed by atoms with van der Waals surface area (Å²) >= 11 is 0. The Kier molecular flexibility index (Phi) is 4.49. The molecule has 2 aromatic carbocycles. The lowest BCUT2D eigenvalue weighted by Gasteiger charge is -2.37. The zero-order valence-electron chi connectivity index (χ0n) is 14.8. The van der Waals surface area contributed by atoms with Crippen molar-refractivity contribution in [1.82, 2.24) is 5.32 Å². The number of fused-ring (bicyclic) bond motifs is 3. The molecule has 4 rings (SSSR count). The van der Waals surface area contributed by atoms with E-state index < -0.39 is 0 Å². The number of anilines is 1. The van der Waals surface area contributed by atoms with Gasteiger partial charge in [-0.3, -0.25) is 4.79 Å². The molecule has 1 aliphatic heterocycles. The van der Waals surface area contributed by atoms with Crippen molar-refractivity contribution in [2.24, 2.45) is 5.92 Å². The highest BCUT2D eigenvalue weighted by Crippen LogP contribution is 2.49. The number of carbonyl (C=O) groups excluding carboxylic acids is 1. The van der Waals surface area contributed by atoms with Gasteiger partial charge in [-0.05, 0) is 60.2 Å². The Morgan fingerprint density at radius 3 is 2.81 bits per heavy atom. The Labute approximate surface area is 153 Å². The van der Waals surface area contributed by atoms with Gasteiger partial charge < -0.3 is 10.6 Å². The molecule has 0 radical (unpaired) electrons. The van der Waals surface area contributed by atoms with Crippen LogP contribution in [0.5, 0.6) is 0 Å². The van der Waals surface area contributed by atoms with Gasteiger partial charge in [-0.25, -0.2) is 4.39 Å². The second kappa shape index (κ2) is 6.94. The summed E-state index contributed by atoms with van der Waals surface area (Å²) in [5.41, 5.74) is 4.03. The molecule has 3 atom stereocenters. The highest BCUT2D eigenvalue weighted by atomic mass is 19.1. The molecule has 1 heterocycles. The minimum absolute atomic E-state index is 0.0196. The molecule has 2 aliphatic rings. The fourth-order valence-electron chi connectivity index (χ4n) is 4.08. The maximum Gasteiger partial charge on any atom is 0.251 e. The van der Waals surface area contributed by atoms with Crippen molar-refractivity contribution >= 4 is 11.6 Å². The topological polar surface area (TPSA) is 41.1 Å². The maximum absolute atomic E-state index is 13.3. The standard InChI is InChI=1S/C22H23FN2O/c1-2-12-24-22(26)15-8-11-20-19(13-15)17-4-3-5-18(17)21(25-20)14-6-9-16(23)10-7-14/h3-4,6-11,13,17-18,21,25H,2,5,12H2,1H3,(H,24,26). The molecule has 0 saturated carbocycles. The number of rotatable bonds is 4. The Bertz CT molecular complexity index is 844. The Morgan fingerprint density at radius 1 is 1.23 bits per heavy atom. The van der Waals surface area contributed by atoms with Gasteiger partial charge in [0.2, 0.25) is 0 Å². The molecule has 2 aromatic rings. The van der Waals surface area contributed by atoms with Gasteiger partial charge in [0.1, 0.15) is 5.82 Å². The first-order valence-electron chi connectivity index (χ1n) is 9.28. The van der Waals surface area contributed by atoms with Crippen molar-refractivity contribution in [3.63, 3.8) is 0 Å². The van der Waals surface area contributed by atoms with Crippen LogP contribution in [-0.2, 0) is 0 Å². The third kappa shape index (κ3) is 3.00. The zero-order chi connectivity index (χ0) is 18.1. The van der Waals surface area contributed by atoms with E-state index in [2.05, 4.69) is 22.8 Å². The lowest BCUT2D eigenvalue weighted by molar-refractivity contribution is 0.0953. The van der Waals surface area contributed by atoms with E-state index in [4.69, 9.17) is 0 Å². The molecule has 134 valence electrons. The lowest BCUT2D eigenvalue weighted by Crippen LogP contribution is -2.30. The minimum atomic E-state index is -0.214. The first-order chi connectivity index (χ1) is 12.7. The molecule has 1 aliphatic carbocycles. The summed E-state index contributed by atoms with van der Waals surface area (Å²) in [7, 11) is 0. The predicted octanol–water partition coefficient (Wildman–Crippen LogP) is 4.79. The first-order valence-corrected chi connectivity index (χ1v) is 9.28. The van der Waals surface area contributed by atoms with E-state index in [-0.39, 0.29) is 23.7 Å². The number of hydrogen-bond acceptors (Lipinski definition) is 2. The Hall–Kier alpha value is -2.62. The Balaban J connectivity index is 1.66. The fourth-order valence-corrected chi connectivity index (χ4v) is 4.08. The highest BCUT2D eigenvalue weighted by Gasteiger charge is 2.38. The van der Waals surface area contributed by atoms with Gasteiger partial charge in [-0.1, -0.05) is 31.2 Å². The average Bonchev–Trinajstić information content (AvgIpc) is 3.16. The highest BCUT2D eigenvalue weighted by molar-refractivity contribution is 5.95. The average molecular weight is 350 g/mol. The molecular weight excluding hydrogens is 327 g/mol. The van der Waals surface area contributed by atoms with E-state index in [0.717, 1.165) is 24.1 Å². The first kappa shape index (κ1) is 16.8. The van der Waals surface area contributed by atoms with Crippen LogP contribution in [0.4, 0.5) is 10.1 Å². The predicted molar refractivity (Wildman–Crippen MR) is 102 cm³/mol. The Morgan fingerprint density at radius 2 is 2.04 bits per heavy atom. The second-order valence-corrected chi connectivity index (χ2v) is 7.08. The number of hydrogen-bond donors (Lipinski definition) is 2. The van der Waals surface area contributed by atoms with E-state index in [1.165, 1.54) is 17.7 Å². The molecule has 1 amide bonds. The van der Waals surface area contributed by atoms with Crippen molar-refractivity contribution in [3.05, 3.63) is 77.1 Å². The summed E-state index contributed by atoms with van der Waals surface area (Å²) < 4.78 is 13.3. The third-order valence-corrected chi connectivity index (χ3v) is 5.39. The number of nitrogens with one attached hydrogen (secondary N) is 2. The normalized spacial score (nSPS) is 23.1. The number of benzene rings is 2. The molecule has 0 aromatic heterocycles. The quantitative estimate of drug-likeness (QED) is 0.778. The minimum Gasteiger partial charge on any atom is -0.378 e. The lowest BCUT2D eigenvalue weighted by atomic mass is 9.76. The van der Waals surface area contributed by atoms with Crippen molar-refractivity contribution in [2.75, 3.05) is 11.9 Å². The molecule has 26 heavy (non-hydrogen) atoms. The van der Waals surface area contributed by atoms with E-state index in [1.807, 2.05) is 37.3 Å². The second-order valence-electron chi connectivity index (χ2n) is 7.08. The van der Waals surface area contributed by atoms with Gasteiger partial charge in [0, 0.05) is 23.7 Å². The molecular formula is C22H23FN2O. The SMILES string of the molecule is CCCNC(=O)c1ccc2c(c1)C1C=CCC1C(c1ccc(F)cc1)N2. The fraction of sp³-hybridized carbons (Fsp3) is 0.318. The molecule has 0 saturated heterocycles. The van der Waals surface area contributed by atoms with Crippen LogP contribution in [0.1, 0.15) is 53.2 Å². The maximum atomic E-state index is 13.3. The number of halogens is 1. The van der Waals surface area contributed by atoms with E-state index in [1.54, 1.807) is 0 Å². The van der Waals surface area contributed by atoms with Crippen LogP contribution in [0.25, 0.3) is 0 Å². The van der Waals surface area contributed by atoms with E-state index in [9.17, 15) is 9.18 Å². The van der Waals surface area contributed by atoms with Crippen LogP contribution in [0.15, 0.2) is 54.6 Å². The summed E-state index contributed by atoms with van der Waals surface area (Å²) in [5.74, 6) is 0.421. The van der Waals surface area contributed by atoms with Crippen molar-refractivity contribution in [2.45, 2.75) is 31.7 Å². The van der Waals surface area contributed by atoms with Crippen LogP contribution < -0.4 is 10.6 Å². The van der Waals surface area contributed by atoms with Crippen LogP contribution in [0.2, 0.25) is 0 Å². The monoisotopic (exact) mass is 350 g/mol. The third-order valence-electron chi connectivity index (χ3n) is 5.39. The molecule has 0 fully saturated rings. The van der Waals surface area contributed by atoms with Crippen LogP contribution in [0, 0.1) is 11.7 Å². The van der Waals surface area contributed by atoms with Crippen molar-refractivity contribution < 1.29 is 9.18 Å². The number of allylic oxidation sites excluding steroid dienone is 2. The van der Waals surface area contributed by atoms with Gasteiger partial charge in [0.15, 0.2) is 0 Å². The number of carbonyl (C=O) groups is 1. The van der Waals surface area contributed by atoms with Crippen LogP contribution in [-0.4, -0.2) is 12.5 Å². The molecule has 2 N–H and O–H groups in total.